The molecule has 0 radical (unpaired) electrons. The number of nitrogens with zero attached hydrogens (tertiary/aromatic N) is 1. The largest absolute Gasteiger partial charge is 0.382 e. The summed E-state index contributed by atoms with van der Waals surface area (Å²) in [5.74, 6) is 2.22. The molecule has 2 aliphatic rings. The number of aromatic amines is 1. The summed E-state index contributed by atoms with van der Waals surface area (Å²) >= 11 is 0. The van der Waals surface area contributed by atoms with Crippen molar-refractivity contribution in [3.63, 3.8) is 0 Å². The van der Waals surface area contributed by atoms with Gasteiger partial charge in [-0.15, -0.1) is 0 Å². The molecule has 5 unspecified atom stereocenters. The molecule has 1 amide bonds. The van der Waals surface area contributed by atoms with Gasteiger partial charge in [0.15, 0.2) is 6.29 Å². The second-order valence-electron chi connectivity index (χ2n) is 12.6. The predicted octanol–water partition coefficient (Wildman–Crippen LogP) is 6.80. The van der Waals surface area contributed by atoms with Crippen LogP contribution in [-0.4, -0.2) is 88.1 Å². The zero-order valence-corrected chi connectivity index (χ0v) is 29.1. The minimum atomic E-state index is -0.460. The molecule has 1 saturated heterocycles. The Morgan fingerprint density at radius 1 is 1.11 bits per heavy atom. The first-order valence-electron chi connectivity index (χ1n) is 16.9. The number of methoxy groups -OCH3 is 2. The zero-order valence-electron chi connectivity index (χ0n) is 29.1. The molecule has 2 heterocycles. The smallest absolute Gasteiger partial charge is 0.211 e. The molecular weight excluding hydrogens is 587 g/mol. The third-order valence-electron chi connectivity index (χ3n) is 9.25. The number of fused-ring (bicyclic) bond motifs is 1. The van der Waals surface area contributed by atoms with Crippen molar-refractivity contribution in [3.8, 4) is 0 Å². The topological polar surface area (TPSA) is 127 Å². The molecule has 5 atom stereocenters. The number of nitrogens with one attached hydrogen (secondary N) is 2. The van der Waals surface area contributed by atoms with Gasteiger partial charge < -0.3 is 35.2 Å². The Morgan fingerprint density at radius 3 is 2.33 bits per heavy atom. The van der Waals surface area contributed by atoms with Crippen LogP contribution in [-0.2, 0) is 19.1 Å². The highest BCUT2D eigenvalue weighted by Gasteiger charge is 2.34. The van der Waals surface area contributed by atoms with Crippen molar-refractivity contribution in [2.24, 2.45) is 23.5 Å². The van der Waals surface area contributed by atoms with Crippen molar-refractivity contribution < 1.29 is 28.2 Å². The number of hydrogen-bond acceptors (Lipinski definition) is 7. The van der Waals surface area contributed by atoms with E-state index in [4.69, 9.17) is 15.2 Å². The van der Waals surface area contributed by atoms with Gasteiger partial charge in [0.05, 0.1) is 18.4 Å². The highest BCUT2D eigenvalue weighted by atomic mass is 19.1. The summed E-state index contributed by atoms with van der Waals surface area (Å²) in [6.07, 6.45) is 14.8. The second kappa shape index (κ2) is 24.5. The monoisotopic (exact) mass is 648 g/mol. The van der Waals surface area contributed by atoms with E-state index in [0.717, 1.165) is 60.6 Å². The molecule has 10 heteroatoms. The Bertz CT molecular complexity index is 1090. The minimum absolute atomic E-state index is 0.136. The van der Waals surface area contributed by atoms with E-state index >= 15 is 0 Å². The summed E-state index contributed by atoms with van der Waals surface area (Å²) in [4.78, 5) is 36.5. The normalized spacial score (nSPS) is 20.1. The molecule has 1 aromatic heterocycles. The fourth-order valence-corrected chi connectivity index (χ4v) is 6.08. The first-order valence-corrected chi connectivity index (χ1v) is 16.9. The highest BCUT2D eigenvalue weighted by molar-refractivity contribution is 5.91. The maximum atomic E-state index is 11.9. The molecule has 1 aromatic carbocycles. The van der Waals surface area contributed by atoms with Crippen LogP contribution in [0.1, 0.15) is 95.5 Å². The van der Waals surface area contributed by atoms with Crippen LogP contribution >= 0.6 is 0 Å². The number of H-pyrrole nitrogens is 1. The summed E-state index contributed by atoms with van der Waals surface area (Å²) in [7, 11) is 5.62. The van der Waals surface area contributed by atoms with E-state index in [1.54, 1.807) is 32.4 Å². The van der Waals surface area contributed by atoms with Gasteiger partial charge in [-0.2, -0.15) is 0 Å². The standard InChI is InChI=1S/C12H23N.C10H8N2O2.C9H18FNO.C5H12O2/c1-10-12(8-9-13(10)2)11-6-4-3-5-7-11;13-5-9-4-7-3-8(11-6-14)1-2-10(7)12-9;1-2-8(7-12)4-3-5-9(11)6-10;1-5(7-3)4-6-2/h10-12H,3-9H2,1-2H3;1-6,12H,(H,11,14);7-9H,2-6,11H2,1H3;5H,4H2,1-3H3. The van der Waals surface area contributed by atoms with Crippen molar-refractivity contribution in [3.05, 3.63) is 30.0 Å². The lowest BCUT2D eigenvalue weighted by molar-refractivity contribution is -0.111. The summed E-state index contributed by atoms with van der Waals surface area (Å²) in [6.45, 7) is 7.92. The van der Waals surface area contributed by atoms with E-state index in [0.29, 0.717) is 30.8 Å². The number of aromatic nitrogens is 1. The first kappa shape index (κ1) is 41.4. The maximum Gasteiger partial charge on any atom is 0.211 e. The van der Waals surface area contributed by atoms with Gasteiger partial charge in [-0.1, -0.05) is 45.4 Å². The minimum Gasteiger partial charge on any atom is -0.382 e. The molecule has 4 rings (SSSR count). The Hall–Kier alpha value is -2.66. The van der Waals surface area contributed by atoms with Crippen molar-refractivity contribution >= 4 is 35.6 Å². The Kier molecular flexibility index (Phi) is 22.0. The van der Waals surface area contributed by atoms with Crippen molar-refractivity contribution in [2.75, 3.05) is 46.4 Å². The molecule has 1 aliphatic heterocycles. The van der Waals surface area contributed by atoms with E-state index in [2.05, 4.69) is 29.2 Å². The average Bonchev–Trinajstić information content (AvgIpc) is 3.66. The molecule has 9 nitrogen and oxygen atoms in total. The number of carbonyl (C=O) groups is 3. The molecule has 262 valence electrons. The number of likely N-dealkylation sites (tertiary alicyclic amines) is 1. The number of rotatable bonds is 14. The SMILES string of the molecule is CC1C(C2CCCCC2)CCN1C.CCC(C=O)CCCC(N)CF.COCC(C)OC.O=CNc1ccc2[nH]c(C=O)cc2c1. The van der Waals surface area contributed by atoms with Crippen molar-refractivity contribution in [2.45, 2.75) is 103 Å². The fourth-order valence-electron chi connectivity index (χ4n) is 6.08. The maximum absolute atomic E-state index is 11.9. The number of alkyl halides is 1. The summed E-state index contributed by atoms with van der Waals surface area (Å²) < 4.78 is 21.5. The quantitative estimate of drug-likeness (QED) is 0.192. The van der Waals surface area contributed by atoms with Crippen LogP contribution in [0.5, 0.6) is 0 Å². The van der Waals surface area contributed by atoms with Crippen LogP contribution in [0.4, 0.5) is 10.1 Å². The number of hydrogen-bond donors (Lipinski definition) is 3. The molecule has 1 saturated carbocycles. The lowest BCUT2D eigenvalue weighted by Gasteiger charge is -2.31. The lowest BCUT2D eigenvalue weighted by atomic mass is 9.77. The van der Waals surface area contributed by atoms with Gasteiger partial charge in [-0.3, -0.25) is 9.59 Å². The average molecular weight is 649 g/mol. The van der Waals surface area contributed by atoms with Gasteiger partial charge in [-0.25, -0.2) is 4.39 Å². The molecular formula is C36H61FN4O5. The van der Waals surface area contributed by atoms with Crippen LogP contribution in [0.3, 0.4) is 0 Å². The van der Waals surface area contributed by atoms with Gasteiger partial charge in [0.25, 0.3) is 0 Å². The van der Waals surface area contributed by atoms with E-state index in [9.17, 15) is 18.8 Å². The van der Waals surface area contributed by atoms with Crippen molar-refractivity contribution in [1.29, 1.82) is 0 Å². The van der Waals surface area contributed by atoms with E-state index in [1.807, 2.05) is 19.9 Å². The number of ether oxygens (including phenoxy) is 2. The van der Waals surface area contributed by atoms with Crippen molar-refractivity contribution in [1.82, 2.24) is 9.88 Å². The van der Waals surface area contributed by atoms with Gasteiger partial charge in [-0.05, 0) is 89.2 Å². The third-order valence-corrected chi connectivity index (χ3v) is 9.25. The van der Waals surface area contributed by atoms with Crippen LogP contribution in [0.2, 0.25) is 0 Å². The number of halogens is 1. The van der Waals surface area contributed by atoms with Crippen LogP contribution < -0.4 is 11.1 Å². The molecule has 46 heavy (non-hydrogen) atoms. The predicted molar refractivity (Wildman–Crippen MR) is 186 cm³/mol. The number of anilines is 1. The number of benzene rings is 1. The van der Waals surface area contributed by atoms with Gasteiger partial charge in [0.2, 0.25) is 6.41 Å². The number of nitrogens with two attached hydrogens (primary N) is 1. The van der Waals surface area contributed by atoms with Gasteiger partial charge in [0.1, 0.15) is 13.0 Å². The van der Waals surface area contributed by atoms with Gasteiger partial charge in [0, 0.05) is 48.8 Å². The second-order valence-corrected chi connectivity index (χ2v) is 12.6. The van der Waals surface area contributed by atoms with Gasteiger partial charge >= 0.3 is 0 Å². The van der Waals surface area contributed by atoms with E-state index in [1.165, 1.54) is 45.1 Å². The number of aldehydes is 2. The number of amides is 1. The Morgan fingerprint density at radius 2 is 1.83 bits per heavy atom. The molecule has 2 fully saturated rings. The van der Waals surface area contributed by atoms with E-state index in [-0.39, 0.29) is 18.1 Å². The highest BCUT2D eigenvalue weighted by Crippen LogP contribution is 2.37. The molecule has 0 bridgehead atoms. The first-order chi connectivity index (χ1) is 22.2. The summed E-state index contributed by atoms with van der Waals surface area (Å²) in [5, 5.41) is 3.45. The molecule has 4 N–H and O–H groups in total. The zero-order chi connectivity index (χ0) is 34.3. The van der Waals surface area contributed by atoms with E-state index < -0.39 is 6.67 Å². The third kappa shape index (κ3) is 15.8. The molecule has 1 aliphatic carbocycles. The fraction of sp³-hybridized carbons (Fsp3) is 0.694. The summed E-state index contributed by atoms with van der Waals surface area (Å²) in [6, 6.07) is 7.62. The molecule has 2 aromatic rings. The van der Waals surface area contributed by atoms with Crippen LogP contribution in [0.15, 0.2) is 24.3 Å². The lowest BCUT2D eigenvalue weighted by Crippen LogP contribution is -2.30. The summed E-state index contributed by atoms with van der Waals surface area (Å²) in [5.41, 5.74) is 7.50. The molecule has 0 spiro atoms. The van der Waals surface area contributed by atoms with Crippen LogP contribution in [0, 0.1) is 17.8 Å². The van der Waals surface area contributed by atoms with Crippen LogP contribution in [0.25, 0.3) is 10.9 Å². The Labute approximate surface area is 276 Å². The Balaban J connectivity index is 0.000000315. The number of carbonyl (C=O) groups excluding carboxylic acids is 3.